The summed E-state index contributed by atoms with van der Waals surface area (Å²) in [6.07, 6.45) is 2.70. The lowest BCUT2D eigenvalue weighted by atomic mass is 10.1. The highest BCUT2D eigenvalue weighted by molar-refractivity contribution is 5.77. The average molecular weight is 182 g/mol. The van der Waals surface area contributed by atoms with Crippen LogP contribution in [0.5, 0.6) is 0 Å². The van der Waals surface area contributed by atoms with Gasteiger partial charge in [0.05, 0.1) is 5.69 Å². The fourth-order valence-corrected chi connectivity index (χ4v) is 2.02. The number of rotatable bonds is 0. The smallest absolute Gasteiger partial charge is 0.0760 e. The third-order valence-electron chi connectivity index (χ3n) is 2.73. The van der Waals surface area contributed by atoms with E-state index in [0.29, 0.717) is 0 Å². The van der Waals surface area contributed by atoms with Crippen molar-refractivity contribution in [1.82, 2.24) is 4.98 Å². The normalized spacial score (nSPS) is 12.3. The molecule has 0 atom stereocenters. The highest BCUT2D eigenvalue weighted by atomic mass is 14.7. The molecule has 1 aliphatic carbocycles. The highest BCUT2D eigenvalue weighted by Gasteiger charge is 2.20. The lowest BCUT2D eigenvalue weighted by Crippen LogP contribution is -1.93. The first-order chi connectivity index (χ1) is 6.86. The zero-order chi connectivity index (χ0) is 9.54. The minimum atomic E-state index is 0.853. The number of anilines is 1. The third kappa shape index (κ3) is 0.880. The molecule has 2 heteroatoms. The van der Waals surface area contributed by atoms with Crippen molar-refractivity contribution in [2.24, 2.45) is 0 Å². The van der Waals surface area contributed by atoms with Crippen LogP contribution in [0.4, 0.5) is 5.69 Å². The van der Waals surface area contributed by atoms with Gasteiger partial charge >= 0.3 is 0 Å². The van der Waals surface area contributed by atoms with E-state index in [-0.39, 0.29) is 0 Å². The lowest BCUT2D eigenvalue weighted by Gasteiger charge is -2.01. The van der Waals surface area contributed by atoms with Gasteiger partial charge in [-0.05, 0) is 11.6 Å². The molecular formula is C12H10N2. The topological polar surface area (TPSA) is 38.9 Å². The van der Waals surface area contributed by atoms with Crippen LogP contribution < -0.4 is 5.73 Å². The van der Waals surface area contributed by atoms with E-state index in [2.05, 4.69) is 23.2 Å². The van der Waals surface area contributed by atoms with E-state index >= 15 is 0 Å². The Morgan fingerprint density at radius 3 is 2.93 bits per heavy atom. The molecule has 1 aromatic carbocycles. The van der Waals surface area contributed by atoms with E-state index in [1.165, 1.54) is 16.7 Å². The number of nitrogens with zero attached hydrogens (tertiary/aromatic N) is 1. The highest BCUT2D eigenvalue weighted by Crippen LogP contribution is 2.37. The Balaban J connectivity index is 2.33. The number of nitrogens with two attached hydrogens (primary N) is 1. The maximum absolute atomic E-state index is 5.91. The molecule has 2 nitrogen and oxygen atoms in total. The molecule has 0 radical (unpaired) electrons. The van der Waals surface area contributed by atoms with Crippen molar-refractivity contribution in [2.75, 3.05) is 5.73 Å². The summed E-state index contributed by atoms with van der Waals surface area (Å²) in [6.45, 7) is 0. The van der Waals surface area contributed by atoms with E-state index < -0.39 is 0 Å². The molecule has 0 bridgehead atoms. The molecule has 0 saturated heterocycles. The molecule has 2 N–H and O–H groups in total. The summed E-state index contributed by atoms with van der Waals surface area (Å²) in [5.74, 6) is 0. The molecule has 1 aromatic heterocycles. The molecular weight excluding hydrogens is 172 g/mol. The first-order valence-corrected chi connectivity index (χ1v) is 4.68. The monoisotopic (exact) mass is 182 g/mol. The quantitative estimate of drug-likeness (QED) is 0.579. The first kappa shape index (κ1) is 7.56. The van der Waals surface area contributed by atoms with Crippen molar-refractivity contribution < 1.29 is 0 Å². The van der Waals surface area contributed by atoms with Crippen LogP contribution in [-0.2, 0) is 6.42 Å². The van der Waals surface area contributed by atoms with Gasteiger partial charge in [0.15, 0.2) is 0 Å². The van der Waals surface area contributed by atoms with Gasteiger partial charge in [0.1, 0.15) is 0 Å². The Hall–Kier alpha value is -1.83. The van der Waals surface area contributed by atoms with Crippen LogP contribution in [0.2, 0.25) is 0 Å². The number of benzene rings is 1. The fraction of sp³-hybridized carbons (Fsp3) is 0.0833. The Labute approximate surface area is 82.4 Å². The van der Waals surface area contributed by atoms with Crippen LogP contribution in [0.25, 0.3) is 11.3 Å². The van der Waals surface area contributed by atoms with Gasteiger partial charge in [-0.3, -0.25) is 4.98 Å². The van der Waals surface area contributed by atoms with Crippen LogP contribution in [0.1, 0.15) is 11.1 Å². The molecule has 3 rings (SSSR count). The molecule has 0 aliphatic heterocycles. The predicted molar refractivity (Wildman–Crippen MR) is 56.9 cm³/mol. The van der Waals surface area contributed by atoms with E-state index in [9.17, 15) is 0 Å². The summed E-state index contributed by atoms with van der Waals surface area (Å²) in [7, 11) is 0. The number of pyridine rings is 1. The molecule has 14 heavy (non-hydrogen) atoms. The lowest BCUT2D eigenvalue weighted by molar-refractivity contribution is 1.23. The van der Waals surface area contributed by atoms with Crippen LogP contribution in [0.3, 0.4) is 0 Å². The van der Waals surface area contributed by atoms with Gasteiger partial charge in [-0.15, -0.1) is 0 Å². The molecule has 0 amide bonds. The van der Waals surface area contributed by atoms with Gasteiger partial charge in [0, 0.05) is 29.4 Å². The number of hydrogen-bond acceptors (Lipinski definition) is 2. The van der Waals surface area contributed by atoms with Crippen molar-refractivity contribution in [2.45, 2.75) is 6.42 Å². The summed E-state index contributed by atoms with van der Waals surface area (Å²) in [4.78, 5) is 4.38. The van der Waals surface area contributed by atoms with Crippen LogP contribution in [0, 0.1) is 0 Å². The largest absolute Gasteiger partial charge is 0.398 e. The van der Waals surface area contributed by atoms with Gasteiger partial charge < -0.3 is 5.73 Å². The van der Waals surface area contributed by atoms with Crippen molar-refractivity contribution in [3.8, 4) is 11.3 Å². The molecule has 0 fully saturated rings. The van der Waals surface area contributed by atoms with Crippen molar-refractivity contribution in [1.29, 1.82) is 0 Å². The van der Waals surface area contributed by atoms with Gasteiger partial charge in [0.2, 0.25) is 0 Å². The van der Waals surface area contributed by atoms with Crippen LogP contribution in [0.15, 0.2) is 36.5 Å². The maximum Gasteiger partial charge on any atom is 0.0760 e. The Bertz CT molecular complexity index is 503. The fourth-order valence-electron chi connectivity index (χ4n) is 2.02. The van der Waals surface area contributed by atoms with Crippen LogP contribution >= 0.6 is 0 Å². The minimum Gasteiger partial charge on any atom is -0.398 e. The number of aromatic nitrogens is 1. The Kier molecular flexibility index (Phi) is 1.39. The molecule has 0 unspecified atom stereocenters. The molecule has 68 valence electrons. The zero-order valence-corrected chi connectivity index (χ0v) is 7.70. The third-order valence-corrected chi connectivity index (χ3v) is 2.73. The molecule has 2 aromatic rings. The summed E-state index contributed by atoms with van der Waals surface area (Å²) in [5, 5.41) is 0. The predicted octanol–water partition coefficient (Wildman–Crippen LogP) is 2.24. The van der Waals surface area contributed by atoms with Crippen LogP contribution in [-0.4, -0.2) is 4.98 Å². The Morgan fingerprint density at radius 2 is 2.00 bits per heavy atom. The first-order valence-electron chi connectivity index (χ1n) is 4.68. The van der Waals surface area contributed by atoms with E-state index in [0.717, 1.165) is 17.8 Å². The Morgan fingerprint density at radius 1 is 1.14 bits per heavy atom. The number of nitrogen functional groups attached to an aromatic ring is 1. The van der Waals surface area contributed by atoms with Gasteiger partial charge in [-0.1, -0.05) is 24.3 Å². The second-order valence-corrected chi connectivity index (χ2v) is 3.56. The van der Waals surface area contributed by atoms with E-state index in [4.69, 9.17) is 5.73 Å². The van der Waals surface area contributed by atoms with Gasteiger partial charge in [0.25, 0.3) is 0 Å². The molecule has 0 spiro atoms. The second-order valence-electron chi connectivity index (χ2n) is 3.56. The number of fused-ring (bicyclic) bond motifs is 3. The van der Waals surface area contributed by atoms with Crippen molar-refractivity contribution in [3.63, 3.8) is 0 Å². The summed E-state index contributed by atoms with van der Waals surface area (Å²) >= 11 is 0. The van der Waals surface area contributed by atoms with Gasteiger partial charge in [-0.2, -0.15) is 0 Å². The molecule has 1 aliphatic rings. The van der Waals surface area contributed by atoms with E-state index in [1.54, 1.807) is 6.20 Å². The van der Waals surface area contributed by atoms with Crippen molar-refractivity contribution in [3.05, 3.63) is 47.7 Å². The SMILES string of the molecule is Nc1ccnc2c1Cc1ccccc1-2. The number of hydrogen-bond donors (Lipinski definition) is 1. The minimum absolute atomic E-state index is 0.853. The van der Waals surface area contributed by atoms with E-state index in [1.807, 2.05) is 12.1 Å². The average Bonchev–Trinajstić information content (AvgIpc) is 2.59. The summed E-state index contributed by atoms with van der Waals surface area (Å²) in [5.41, 5.74) is 11.6. The summed E-state index contributed by atoms with van der Waals surface area (Å²) in [6, 6.07) is 10.2. The zero-order valence-electron chi connectivity index (χ0n) is 7.70. The van der Waals surface area contributed by atoms with Gasteiger partial charge in [-0.25, -0.2) is 0 Å². The molecule has 0 saturated carbocycles. The standard InChI is InChI=1S/C12H10N2/c13-11-5-6-14-12-9-4-2-1-3-8(9)7-10(11)12/h1-6H,7H2,(H2,13,14). The summed E-state index contributed by atoms with van der Waals surface area (Å²) < 4.78 is 0. The molecule has 1 heterocycles. The maximum atomic E-state index is 5.91. The second kappa shape index (κ2) is 2.58. The van der Waals surface area contributed by atoms with Crippen molar-refractivity contribution >= 4 is 5.69 Å².